The first kappa shape index (κ1) is 17.5. The lowest BCUT2D eigenvalue weighted by molar-refractivity contribution is 1.01. The molecule has 0 fully saturated rings. The Morgan fingerprint density at radius 3 is 2.25 bits per heavy atom. The van der Waals surface area contributed by atoms with Gasteiger partial charge < -0.3 is 0 Å². The largest absolute Gasteiger partial charge is 0.277 e. The van der Waals surface area contributed by atoms with Gasteiger partial charge in [0.1, 0.15) is 0 Å². The molecule has 40 heavy (non-hydrogen) atoms. The number of rotatable bonds is 2. The van der Waals surface area contributed by atoms with Crippen LogP contribution in [-0.2, 0) is 0 Å². The van der Waals surface area contributed by atoms with Gasteiger partial charge in [0.25, 0.3) is 0 Å². The molecule has 0 amide bonds. The van der Waals surface area contributed by atoms with Crippen molar-refractivity contribution in [3.63, 3.8) is 0 Å². The lowest BCUT2D eigenvalue weighted by Gasteiger charge is -2.12. The van der Waals surface area contributed by atoms with E-state index < -0.39 is 18.1 Å². The average Bonchev–Trinajstić information content (AvgIpc) is 3.63. The molecule has 0 atom stereocenters. The van der Waals surface area contributed by atoms with Crippen molar-refractivity contribution in [2.24, 2.45) is 0 Å². The van der Waals surface area contributed by atoms with Gasteiger partial charge in [0.15, 0.2) is 5.65 Å². The van der Waals surface area contributed by atoms with E-state index in [1.54, 1.807) is 29.7 Å². The summed E-state index contributed by atoms with van der Waals surface area (Å²) in [4.78, 5) is 14.5. The molecule has 5 aromatic carbocycles. The summed E-state index contributed by atoms with van der Waals surface area (Å²) in [5.74, 6) is 0.304. The molecule has 0 unspecified atom stereocenters. The lowest BCUT2D eigenvalue weighted by Crippen LogP contribution is -2.04. The van der Waals surface area contributed by atoms with Crippen molar-refractivity contribution in [3.05, 3.63) is 121 Å². The summed E-state index contributed by atoms with van der Waals surface area (Å²) in [6, 6.07) is 26.5. The third-order valence-corrected chi connectivity index (χ3v) is 8.75. The van der Waals surface area contributed by atoms with Crippen molar-refractivity contribution in [2.45, 2.75) is 0 Å². The number of aromatic nitrogens is 4. The Labute approximate surface area is 239 Å². The molecule has 4 aromatic heterocycles. The summed E-state index contributed by atoms with van der Waals surface area (Å²) in [7, 11) is 0. The second-order valence-electron chi connectivity index (χ2n) is 9.67. The highest BCUT2D eigenvalue weighted by Crippen LogP contribution is 2.47. The summed E-state index contributed by atoms with van der Waals surface area (Å²) in [5, 5.41) is 7.14. The Balaban J connectivity index is 1.52. The molecular formula is C35H20N4S. The molecule has 5 heteroatoms. The molecular weight excluding hydrogens is 508 g/mol. The Morgan fingerprint density at radius 2 is 1.38 bits per heavy atom. The summed E-state index contributed by atoms with van der Waals surface area (Å²) >= 11 is 1.79. The monoisotopic (exact) mass is 533 g/mol. The number of thiophene rings is 1. The van der Waals surface area contributed by atoms with Gasteiger partial charge in [-0.05, 0) is 24.3 Å². The molecule has 0 saturated carbocycles. The molecule has 4 nitrogen and oxygen atoms in total. The summed E-state index contributed by atoms with van der Waals surface area (Å²) in [6.45, 7) is 0. The van der Waals surface area contributed by atoms with E-state index in [2.05, 4.69) is 53.5 Å². The molecule has 0 radical (unpaired) electrons. The molecule has 0 N–H and O–H groups in total. The van der Waals surface area contributed by atoms with Crippen LogP contribution in [-0.4, -0.2) is 19.5 Å². The maximum Gasteiger partial charge on any atom is 0.237 e. The van der Waals surface area contributed by atoms with Gasteiger partial charge in [-0.3, -0.25) is 4.57 Å². The molecule has 4 heterocycles. The van der Waals surface area contributed by atoms with Crippen LogP contribution in [0.2, 0.25) is 0 Å². The fourth-order valence-corrected chi connectivity index (χ4v) is 7.19. The van der Waals surface area contributed by atoms with Crippen LogP contribution in [0.15, 0.2) is 121 Å². The van der Waals surface area contributed by atoms with Gasteiger partial charge in [-0.25, -0.2) is 9.97 Å². The number of benzene rings is 5. The minimum atomic E-state index is -0.452. The molecule has 9 aromatic rings. The van der Waals surface area contributed by atoms with E-state index in [4.69, 9.17) is 16.8 Å². The summed E-state index contributed by atoms with van der Waals surface area (Å²) in [6.07, 6.45) is 1.63. The lowest BCUT2D eigenvalue weighted by atomic mass is 10.00. The number of nitrogens with zero attached hydrogens (tertiary/aromatic N) is 4. The zero-order valence-electron chi connectivity index (χ0n) is 25.9. The van der Waals surface area contributed by atoms with Crippen LogP contribution in [0.4, 0.5) is 0 Å². The zero-order valence-corrected chi connectivity index (χ0v) is 21.7. The Hall–Kier alpha value is -5.13. The second kappa shape index (κ2) is 8.18. The van der Waals surface area contributed by atoms with E-state index in [1.165, 1.54) is 20.2 Å². The fraction of sp³-hybridized carbons (Fsp3) is 0. The van der Waals surface area contributed by atoms with Crippen molar-refractivity contribution in [1.29, 1.82) is 0 Å². The van der Waals surface area contributed by atoms with Crippen molar-refractivity contribution < 1.29 is 6.85 Å². The smallest absolute Gasteiger partial charge is 0.237 e. The van der Waals surface area contributed by atoms with E-state index in [9.17, 15) is 0 Å². The fourth-order valence-electron chi connectivity index (χ4n) is 5.94. The van der Waals surface area contributed by atoms with Crippen molar-refractivity contribution in [2.75, 3.05) is 0 Å². The summed E-state index contributed by atoms with van der Waals surface area (Å²) < 4.78 is 46.8. The number of fused-ring (bicyclic) bond motifs is 11. The maximum absolute atomic E-state index is 8.75. The van der Waals surface area contributed by atoms with Gasteiger partial charge in [0.05, 0.1) is 23.6 Å². The third kappa shape index (κ3) is 2.92. The van der Waals surface area contributed by atoms with Crippen LogP contribution in [0.25, 0.3) is 81.0 Å². The number of hydrogen-bond acceptors (Lipinski definition) is 4. The molecule has 9 rings (SSSR count). The predicted octanol–water partition coefficient (Wildman–Crippen LogP) is 9.31. The minimum absolute atomic E-state index is 0.0134. The molecule has 0 spiro atoms. The number of para-hydroxylation sites is 1. The second-order valence-corrected chi connectivity index (χ2v) is 10.7. The SMILES string of the molecule is [2H]c1c([2H])c([2H])c(-c2nc(-n3c4ccccc4c4c5c6ccccc6sc5c5ccccc5c43)nc3ncccc23)c([2H])c1[2H]. The van der Waals surface area contributed by atoms with Crippen molar-refractivity contribution >= 4 is 75.1 Å². The molecule has 0 aliphatic rings. The average molecular weight is 534 g/mol. The highest BCUT2D eigenvalue weighted by Gasteiger charge is 2.23. The van der Waals surface area contributed by atoms with Gasteiger partial charge in [0.2, 0.25) is 5.95 Å². The van der Waals surface area contributed by atoms with Gasteiger partial charge >= 0.3 is 0 Å². The van der Waals surface area contributed by atoms with E-state index in [0.29, 0.717) is 17.0 Å². The van der Waals surface area contributed by atoms with Gasteiger partial charge in [-0.15, -0.1) is 11.3 Å². The van der Waals surface area contributed by atoms with Crippen LogP contribution in [0.3, 0.4) is 0 Å². The normalized spacial score (nSPS) is 13.8. The van der Waals surface area contributed by atoms with Crippen molar-refractivity contribution in [3.8, 4) is 17.2 Å². The van der Waals surface area contributed by atoms with E-state index in [1.807, 2.05) is 28.8 Å². The molecule has 186 valence electrons. The molecule has 0 aliphatic heterocycles. The Bertz CT molecular complexity index is 2700. The predicted molar refractivity (Wildman–Crippen MR) is 168 cm³/mol. The molecule has 0 aliphatic carbocycles. The number of pyridine rings is 1. The summed E-state index contributed by atoms with van der Waals surface area (Å²) in [5.41, 5.74) is 2.44. The highest BCUT2D eigenvalue weighted by molar-refractivity contribution is 7.27. The van der Waals surface area contributed by atoms with Crippen LogP contribution in [0.5, 0.6) is 0 Å². The van der Waals surface area contributed by atoms with Gasteiger partial charge in [-0.2, -0.15) is 4.98 Å². The zero-order chi connectivity index (χ0) is 30.6. The first-order valence-electron chi connectivity index (χ1n) is 15.4. The Morgan fingerprint density at radius 1 is 0.650 bits per heavy atom. The van der Waals surface area contributed by atoms with Crippen LogP contribution >= 0.6 is 11.3 Å². The maximum atomic E-state index is 8.75. The first-order chi connectivity index (χ1) is 21.9. The third-order valence-electron chi connectivity index (χ3n) is 7.54. The van der Waals surface area contributed by atoms with Crippen LogP contribution in [0, 0.1) is 0 Å². The van der Waals surface area contributed by atoms with E-state index >= 15 is 0 Å². The van der Waals surface area contributed by atoms with Crippen LogP contribution < -0.4 is 0 Å². The van der Waals surface area contributed by atoms with E-state index in [-0.39, 0.29) is 23.3 Å². The standard InChI is InChI=1S/C35H20N4S/c1-2-11-21(12-3-1)31-26-17-10-20-36-34(26)38-35(37-31)39-27-18-8-6-15-24(27)29-30-25-16-7-9-19-28(25)40-33(30)23-14-5-4-13-22(23)32(29)39/h1-20H/i1D,2D,3D,11D,12D. The van der Waals surface area contributed by atoms with Gasteiger partial charge in [0, 0.05) is 58.9 Å². The highest BCUT2D eigenvalue weighted by atomic mass is 32.1. The Kier molecular flexibility index (Phi) is 3.57. The van der Waals surface area contributed by atoms with E-state index in [0.717, 1.165) is 32.6 Å². The molecule has 0 bridgehead atoms. The quantitative estimate of drug-likeness (QED) is 0.222. The molecule has 0 saturated heterocycles. The number of hydrogen-bond donors (Lipinski definition) is 0. The first-order valence-corrected chi connectivity index (χ1v) is 13.7. The van der Waals surface area contributed by atoms with Crippen LogP contribution in [0.1, 0.15) is 6.85 Å². The van der Waals surface area contributed by atoms with Crippen molar-refractivity contribution in [1.82, 2.24) is 19.5 Å². The van der Waals surface area contributed by atoms with Gasteiger partial charge in [-0.1, -0.05) is 90.9 Å². The minimum Gasteiger partial charge on any atom is -0.277 e. The topological polar surface area (TPSA) is 43.6 Å².